The molecule has 0 aliphatic carbocycles. The van der Waals surface area contributed by atoms with E-state index in [1.807, 2.05) is 30.3 Å². The van der Waals surface area contributed by atoms with Crippen LogP contribution in [0.1, 0.15) is 5.56 Å². The Balaban J connectivity index is 2.30. The molecule has 0 unspecified atom stereocenters. The van der Waals surface area contributed by atoms with Gasteiger partial charge in [0.25, 0.3) is 0 Å². The molecule has 0 spiro atoms. The Morgan fingerprint density at radius 3 is 2.50 bits per heavy atom. The standard InChI is InChI=1S/C13H10Br2ClNO/c14-9-1-2-13(12(16)6-9)18-11-4-8(7-17)3-10(15)5-11/h1-6H,7,17H2. The molecule has 18 heavy (non-hydrogen) atoms. The van der Waals surface area contributed by atoms with Gasteiger partial charge in [-0.25, -0.2) is 0 Å². The lowest BCUT2D eigenvalue weighted by atomic mass is 10.2. The summed E-state index contributed by atoms with van der Waals surface area (Å²) in [7, 11) is 0. The smallest absolute Gasteiger partial charge is 0.146 e. The van der Waals surface area contributed by atoms with Gasteiger partial charge >= 0.3 is 0 Å². The van der Waals surface area contributed by atoms with Crippen LogP contribution in [-0.4, -0.2) is 0 Å². The summed E-state index contributed by atoms with van der Waals surface area (Å²) in [4.78, 5) is 0. The predicted molar refractivity (Wildman–Crippen MR) is 81.3 cm³/mol. The van der Waals surface area contributed by atoms with Crippen molar-refractivity contribution in [2.24, 2.45) is 5.73 Å². The van der Waals surface area contributed by atoms with E-state index in [4.69, 9.17) is 22.1 Å². The number of halogens is 3. The first-order valence-corrected chi connectivity index (χ1v) is 7.17. The van der Waals surface area contributed by atoms with Gasteiger partial charge in [0.1, 0.15) is 11.5 Å². The van der Waals surface area contributed by atoms with Crippen LogP contribution in [0.3, 0.4) is 0 Å². The van der Waals surface area contributed by atoms with Crippen molar-refractivity contribution in [3.05, 3.63) is 55.9 Å². The van der Waals surface area contributed by atoms with E-state index in [0.717, 1.165) is 14.5 Å². The molecule has 0 atom stereocenters. The quantitative estimate of drug-likeness (QED) is 0.789. The second-order valence-corrected chi connectivity index (χ2v) is 5.91. The van der Waals surface area contributed by atoms with Crippen LogP contribution >= 0.6 is 43.5 Å². The van der Waals surface area contributed by atoms with Gasteiger partial charge in [-0.2, -0.15) is 0 Å². The molecule has 0 aliphatic rings. The molecule has 0 heterocycles. The Bertz CT molecular complexity index is 575. The molecule has 0 aromatic heterocycles. The van der Waals surface area contributed by atoms with Gasteiger partial charge in [-0.3, -0.25) is 0 Å². The summed E-state index contributed by atoms with van der Waals surface area (Å²) in [5, 5.41) is 0.554. The van der Waals surface area contributed by atoms with E-state index in [2.05, 4.69) is 31.9 Å². The normalized spacial score (nSPS) is 10.4. The van der Waals surface area contributed by atoms with Gasteiger partial charge in [0.15, 0.2) is 0 Å². The third-order valence-electron chi connectivity index (χ3n) is 2.29. The SMILES string of the molecule is NCc1cc(Br)cc(Oc2ccc(Br)cc2Cl)c1. The van der Waals surface area contributed by atoms with E-state index >= 15 is 0 Å². The third-order valence-corrected chi connectivity index (χ3v) is 3.53. The third kappa shape index (κ3) is 3.48. The molecule has 0 aliphatic heterocycles. The number of ether oxygens (including phenoxy) is 1. The molecule has 5 heteroatoms. The van der Waals surface area contributed by atoms with Crippen molar-refractivity contribution >= 4 is 43.5 Å². The number of benzene rings is 2. The molecule has 2 N–H and O–H groups in total. The summed E-state index contributed by atoms with van der Waals surface area (Å²) in [6.45, 7) is 0.462. The van der Waals surface area contributed by atoms with Crippen LogP contribution in [-0.2, 0) is 6.54 Å². The maximum Gasteiger partial charge on any atom is 0.146 e. The minimum absolute atomic E-state index is 0.462. The minimum atomic E-state index is 0.462. The molecular weight excluding hydrogens is 381 g/mol. The summed E-state index contributed by atoms with van der Waals surface area (Å²) in [5.74, 6) is 1.31. The van der Waals surface area contributed by atoms with E-state index in [0.29, 0.717) is 23.1 Å². The lowest BCUT2D eigenvalue weighted by molar-refractivity contribution is 0.482. The van der Waals surface area contributed by atoms with Crippen molar-refractivity contribution in [1.29, 1.82) is 0 Å². The number of hydrogen-bond donors (Lipinski definition) is 1. The van der Waals surface area contributed by atoms with Crippen molar-refractivity contribution < 1.29 is 4.74 Å². The van der Waals surface area contributed by atoms with Crippen molar-refractivity contribution in [2.45, 2.75) is 6.54 Å². The van der Waals surface area contributed by atoms with Crippen LogP contribution in [0, 0.1) is 0 Å². The lowest BCUT2D eigenvalue weighted by Crippen LogP contribution is -1.96. The van der Waals surface area contributed by atoms with Gasteiger partial charge in [0.2, 0.25) is 0 Å². The van der Waals surface area contributed by atoms with E-state index in [9.17, 15) is 0 Å². The van der Waals surface area contributed by atoms with Crippen molar-refractivity contribution in [1.82, 2.24) is 0 Å². The maximum absolute atomic E-state index is 6.10. The first-order chi connectivity index (χ1) is 8.58. The van der Waals surface area contributed by atoms with Gasteiger partial charge < -0.3 is 10.5 Å². The fraction of sp³-hybridized carbons (Fsp3) is 0.0769. The molecule has 0 saturated heterocycles. The van der Waals surface area contributed by atoms with Gasteiger partial charge in [-0.05, 0) is 42.0 Å². The summed E-state index contributed by atoms with van der Waals surface area (Å²) in [5.41, 5.74) is 6.62. The van der Waals surface area contributed by atoms with E-state index in [1.54, 1.807) is 6.07 Å². The van der Waals surface area contributed by atoms with Gasteiger partial charge in [0, 0.05) is 15.5 Å². The Morgan fingerprint density at radius 1 is 1.06 bits per heavy atom. The molecule has 2 aromatic carbocycles. The van der Waals surface area contributed by atoms with Crippen LogP contribution in [0.4, 0.5) is 0 Å². The summed E-state index contributed by atoms with van der Waals surface area (Å²) in [6.07, 6.45) is 0. The van der Waals surface area contributed by atoms with E-state index < -0.39 is 0 Å². The first kappa shape index (κ1) is 13.9. The predicted octanol–water partition coefficient (Wildman–Crippen LogP) is 5.12. The zero-order valence-corrected chi connectivity index (χ0v) is 13.2. The number of nitrogens with two attached hydrogens (primary N) is 1. The highest BCUT2D eigenvalue weighted by molar-refractivity contribution is 9.10. The summed E-state index contributed by atoms with van der Waals surface area (Å²) in [6, 6.07) is 11.2. The van der Waals surface area contributed by atoms with Crippen LogP contribution in [0.5, 0.6) is 11.5 Å². The first-order valence-electron chi connectivity index (χ1n) is 5.21. The van der Waals surface area contributed by atoms with E-state index in [1.165, 1.54) is 0 Å². The summed E-state index contributed by atoms with van der Waals surface area (Å²) < 4.78 is 7.59. The molecular formula is C13H10Br2ClNO. The van der Waals surface area contributed by atoms with Gasteiger partial charge in [0.05, 0.1) is 5.02 Å². The molecule has 0 bridgehead atoms. The monoisotopic (exact) mass is 389 g/mol. The van der Waals surface area contributed by atoms with Crippen molar-refractivity contribution in [2.75, 3.05) is 0 Å². The molecule has 2 aromatic rings. The Labute approximate surface area is 127 Å². The van der Waals surface area contributed by atoms with Crippen molar-refractivity contribution in [3.8, 4) is 11.5 Å². The molecule has 2 rings (SSSR count). The zero-order valence-electron chi connectivity index (χ0n) is 9.29. The molecule has 0 saturated carbocycles. The van der Waals surface area contributed by atoms with Crippen LogP contribution in [0.15, 0.2) is 45.3 Å². The fourth-order valence-electron chi connectivity index (χ4n) is 1.48. The topological polar surface area (TPSA) is 35.2 Å². The lowest BCUT2D eigenvalue weighted by Gasteiger charge is -2.09. The average Bonchev–Trinajstić information content (AvgIpc) is 2.32. The van der Waals surface area contributed by atoms with E-state index in [-0.39, 0.29) is 0 Å². The molecule has 0 amide bonds. The highest BCUT2D eigenvalue weighted by atomic mass is 79.9. The van der Waals surface area contributed by atoms with Crippen LogP contribution in [0.25, 0.3) is 0 Å². The maximum atomic E-state index is 6.10. The van der Waals surface area contributed by atoms with Crippen LogP contribution < -0.4 is 10.5 Å². The average molecular weight is 391 g/mol. The van der Waals surface area contributed by atoms with Gasteiger partial charge in [-0.1, -0.05) is 43.5 Å². The van der Waals surface area contributed by atoms with Crippen molar-refractivity contribution in [3.63, 3.8) is 0 Å². The Kier molecular flexibility index (Phi) is 4.67. The molecule has 2 nitrogen and oxygen atoms in total. The summed E-state index contributed by atoms with van der Waals surface area (Å²) >= 11 is 12.9. The molecule has 0 fully saturated rings. The number of rotatable bonds is 3. The fourth-order valence-corrected chi connectivity index (χ4v) is 2.71. The molecule has 94 valence electrons. The number of hydrogen-bond acceptors (Lipinski definition) is 2. The highest BCUT2D eigenvalue weighted by Gasteiger charge is 2.05. The Morgan fingerprint density at radius 2 is 1.83 bits per heavy atom. The van der Waals surface area contributed by atoms with Crippen LogP contribution in [0.2, 0.25) is 5.02 Å². The zero-order chi connectivity index (χ0) is 13.1. The minimum Gasteiger partial charge on any atom is -0.456 e. The highest BCUT2D eigenvalue weighted by Crippen LogP contribution is 2.33. The van der Waals surface area contributed by atoms with Gasteiger partial charge in [-0.15, -0.1) is 0 Å². The second kappa shape index (κ2) is 6.06. The molecule has 0 radical (unpaired) electrons. The second-order valence-electron chi connectivity index (χ2n) is 3.68. The largest absolute Gasteiger partial charge is 0.456 e. The Hall–Kier alpha value is -0.550.